The van der Waals surface area contributed by atoms with Gasteiger partial charge in [-0.2, -0.15) is 4.31 Å². The first-order valence-corrected chi connectivity index (χ1v) is 14.0. The Kier molecular flexibility index (Phi) is 5.79. The van der Waals surface area contributed by atoms with Gasteiger partial charge in [0.05, 0.1) is 22.0 Å². The molecule has 0 aromatic carbocycles. The molecule has 2 aromatic heterocycles. The summed E-state index contributed by atoms with van der Waals surface area (Å²) in [4.78, 5) is 31.3. The van der Waals surface area contributed by atoms with Crippen LogP contribution in [-0.4, -0.2) is 71.9 Å². The summed E-state index contributed by atoms with van der Waals surface area (Å²) in [6.07, 6.45) is 4.07. The maximum absolute atomic E-state index is 13.4. The second kappa shape index (κ2) is 8.46. The number of amides is 2. The first-order chi connectivity index (χ1) is 15.4. The highest BCUT2D eigenvalue weighted by Gasteiger charge is 2.47. The van der Waals surface area contributed by atoms with E-state index in [2.05, 4.69) is 10.3 Å². The summed E-state index contributed by atoms with van der Waals surface area (Å²) in [7, 11) is -3.41. The van der Waals surface area contributed by atoms with Crippen LogP contribution >= 0.6 is 11.3 Å². The second-order valence-corrected chi connectivity index (χ2v) is 12.3. The van der Waals surface area contributed by atoms with Gasteiger partial charge >= 0.3 is 0 Å². The van der Waals surface area contributed by atoms with Gasteiger partial charge in [0.1, 0.15) is 11.7 Å². The van der Waals surface area contributed by atoms with Crippen LogP contribution in [0.1, 0.15) is 49.5 Å². The van der Waals surface area contributed by atoms with Crippen LogP contribution in [0.5, 0.6) is 0 Å². The molecule has 32 heavy (non-hydrogen) atoms. The zero-order valence-electron chi connectivity index (χ0n) is 18.2. The first-order valence-electron chi connectivity index (χ1n) is 11.5. The molecule has 1 unspecified atom stereocenters. The van der Waals surface area contributed by atoms with E-state index in [0.29, 0.717) is 50.5 Å². The fourth-order valence-electron chi connectivity index (χ4n) is 5.29. The van der Waals surface area contributed by atoms with Crippen LogP contribution in [-0.2, 0) is 14.8 Å². The maximum Gasteiger partial charge on any atom is 0.268 e. The molecule has 2 amide bonds. The molecule has 8 nitrogen and oxygen atoms in total. The molecular formula is C22H30N4O4S2. The van der Waals surface area contributed by atoms with E-state index >= 15 is 0 Å². The predicted octanol–water partition coefficient (Wildman–Crippen LogP) is 2.40. The molecule has 0 spiro atoms. The molecule has 174 valence electrons. The molecule has 0 bridgehead atoms. The fraction of sp³-hybridized carbons (Fsp3) is 0.636. The van der Waals surface area contributed by atoms with Crippen molar-refractivity contribution in [1.29, 1.82) is 0 Å². The Morgan fingerprint density at radius 3 is 2.78 bits per heavy atom. The van der Waals surface area contributed by atoms with Gasteiger partial charge in [0.2, 0.25) is 15.9 Å². The molecule has 1 aliphatic carbocycles. The lowest BCUT2D eigenvalue weighted by Crippen LogP contribution is -2.48. The Balaban J connectivity index is 1.29. The van der Waals surface area contributed by atoms with Gasteiger partial charge in [-0.05, 0) is 55.5 Å². The van der Waals surface area contributed by atoms with Crippen molar-refractivity contribution in [2.45, 2.75) is 51.1 Å². The van der Waals surface area contributed by atoms with E-state index in [1.807, 2.05) is 24.4 Å². The number of rotatable bonds is 7. The minimum atomic E-state index is -3.41. The molecule has 3 atom stereocenters. The van der Waals surface area contributed by atoms with E-state index in [-0.39, 0.29) is 29.5 Å². The second-order valence-electron chi connectivity index (χ2n) is 9.29. The number of hydrogen-bond acceptors (Lipinski definition) is 5. The van der Waals surface area contributed by atoms with E-state index in [9.17, 15) is 18.0 Å². The molecule has 2 aromatic rings. The summed E-state index contributed by atoms with van der Waals surface area (Å²) >= 11 is 1.59. The monoisotopic (exact) mass is 478 g/mol. The van der Waals surface area contributed by atoms with Crippen molar-refractivity contribution in [3.63, 3.8) is 0 Å². The SMILES string of the molecule is CCCS(=O)(=O)N1CCCC1C(=O)N1C[C@@H](NC(=O)c2cc3sccc3[nH]2)[C@H](C2CC2)C1. The average molecular weight is 479 g/mol. The van der Waals surface area contributed by atoms with Crippen molar-refractivity contribution in [3.8, 4) is 0 Å². The van der Waals surface area contributed by atoms with Crippen LogP contribution in [0.15, 0.2) is 17.5 Å². The standard InChI is InChI=1S/C22H30N4O4S2/c1-2-10-32(29,30)26-8-3-4-19(26)22(28)25-12-15(14-5-6-14)18(13-25)24-21(27)17-11-20-16(23-17)7-9-31-20/h7,9,11,14-15,18-19,23H,2-6,8,10,12-13H2,1H3,(H,24,27)/t15-,18+,19?/m0/s1. The number of thiophene rings is 1. The van der Waals surface area contributed by atoms with Crippen LogP contribution in [0.4, 0.5) is 0 Å². The Labute approximate surface area is 192 Å². The van der Waals surface area contributed by atoms with Crippen LogP contribution in [0.2, 0.25) is 0 Å². The van der Waals surface area contributed by atoms with Crippen molar-refractivity contribution < 1.29 is 18.0 Å². The van der Waals surface area contributed by atoms with Gasteiger partial charge in [0.15, 0.2) is 0 Å². The average Bonchev–Trinajstić information content (AvgIpc) is 3.15. The van der Waals surface area contributed by atoms with Crippen LogP contribution in [0, 0.1) is 11.8 Å². The van der Waals surface area contributed by atoms with Crippen molar-refractivity contribution >= 4 is 43.4 Å². The molecule has 3 aliphatic rings. The number of aromatic nitrogens is 1. The van der Waals surface area contributed by atoms with Gasteiger partial charge in [-0.15, -0.1) is 11.3 Å². The molecule has 3 fully saturated rings. The minimum Gasteiger partial charge on any atom is -0.350 e. The smallest absolute Gasteiger partial charge is 0.268 e. The fourth-order valence-corrected chi connectivity index (χ4v) is 7.81. The van der Waals surface area contributed by atoms with Gasteiger partial charge in [0.25, 0.3) is 5.91 Å². The summed E-state index contributed by atoms with van der Waals surface area (Å²) in [5.74, 6) is 0.569. The number of sulfonamides is 1. The molecule has 0 radical (unpaired) electrons. The Morgan fingerprint density at radius 2 is 2.06 bits per heavy atom. The highest BCUT2D eigenvalue weighted by molar-refractivity contribution is 7.89. The molecule has 2 N–H and O–H groups in total. The normalized spacial score (nSPS) is 26.8. The number of carbonyl (C=O) groups excluding carboxylic acids is 2. The number of hydrogen-bond donors (Lipinski definition) is 2. The maximum atomic E-state index is 13.4. The third-order valence-corrected chi connectivity index (χ3v) is 9.95. The zero-order valence-corrected chi connectivity index (χ0v) is 19.9. The van der Waals surface area contributed by atoms with Gasteiger partial charge in [-0.25, -0.2) is 8.42 Å². The number of likely N-dealkylation sites (tertiary alicyclic amines) is 1. The van der Waals surface area contributed by atoms with E-state index in [1.54, 1.807) is 16.2 Å². The van der Waals surface area contributed by atoms with Crippen molar-refractivity contribution in [3.05, 3.63) is 23.2 Å². The quantitative estimate of drug-likeness (QED) is 0.638. The molecule has 4 heterocycles. The van der Waals surface area contributed by atoms with E-state index in [0.717, 1.165) is 23.1 Å². The Bertz CT molecular complexity index is 1090. The van der Waals surface area contributed by atoms with Gasteiger partial charge in [-0.1, -0.05) is 6.92 Å². The minimum absolute atomic E-state index is 0.0771. The molecule has 2 aliphatic heterocycles. The largest absolute Gasteiger partial charge is 0.350 e. The van der Waals surface area contributed by atoms with Crippen molar-refractivity contribution in [2.24, 2.45) is 11.8 Å². The number of nitrogens with one attached hydrogen (secondary N) is 2. The summed E-state index contributed by atoms with van der Waals surface area (Å²) in [5.41, 5.74) is 1.50. The molecule has 1 saturated carbocycles. The number of aromatic amines is 1. The molecular weight excluding hydrogens is 448 g/mol. The Morgan fingerprint density at radius 1 is 1.25 bits per heavy atom. The van der Waals surface area contributed by atoms with E-state index in [1.165, 1.54) is 4.31 Å². The molecule has 2 saturated heterocycles. The summed E-state index contributed by atoms with van der Waals surface area (Å²) < 4.78 is 27.8. The predicted molar refractivity (Wildman–Crippen MR) is 124 cm³/mol. The highest BCUT2D eigenvalue weighted by atomic mass is 32.2. The number of carbonyl (C=O) groups is 2. The summed E-state index contributed by atoms with van der Waals surface area (Å²) in [6.45, 7) is 3.29. The number of fused-ring (bicyclic) bond motifs is 1. The van der Waals surface area contributed by atoms with E-state index < -0.39 is 16.1 Å². The third kappa shape index (κ3) is 4.08. The lowest BCUT2D eigenvalue weighted by Gasteiger charge is -2.27. The highest BCUT2D eigenvalue weighted by Crippen LogP contribution is 2.42. The van der Waals surface area contributed by atoms with Crippen molar-refractivity contribution in [1.82, 2.24) is 19.5 Å². The first kappa shape index (κ1) is 21.9. The zero-order chi connectivity index (χ0) is 22.5. The van der Waals surface area contributed by atoms with Crippen molar-refractivity contribution in [2.75, 3.05) is 25.4 Å². The summed E-state index contributed by atoms with van der Waals surface area (Å²) in [6, 6.07) is 3.12. The topological polar surface area (TPSA) is 103 Å². The lowest BCUT2D eigenvalue weighted by atomic mass is 9.98. The number of nitrogens with zero attached hydrogens (tertiary/aromatic N) is 2. The third-order valence-electron chi connectivity index (χ3n) is 7.01. The van der Waals surface area contributed by atoms with Gasteiger partial charge < -0.3 is 15.2 Å². The molecule has 10 heteroatoms. The van der Waals surface area contributed by atoms with Crippen LogP contribution in [0.25, 0.3) is 10.2 Å². The lowest BCUT2D eigenvalue weighted by molar-refractivity contribution is -0.133. The van der Waals surface area contributed by atoms with E-state index in [4.69, 9.17) is 0 Å². The summed E-state index contributed by atoms with van der Waals surface area (Å²) in [5, 5.41) is 5.15. The number of H-pyrrole nitrogens is 1. The van der Waals surface area contributed by atoms with Crippen LogP contribution in [0.3, 0.4) is 0 Å². The van der Waals surface area contributed by atoms with Crippen LogP contribution < -0.4 is 5.32 Å². The Hall–Kier alpha value is -1.91. The van der Waals surface area contributed by atoms with Gasteiger partial charge in [0, 0.05) is 25.6 Å². The van der Waals surface area contributed by atoms with Gasteiger partial charge in [-0.3, -0.25) is 9.59 Å². The molecule has 5 rings (SSSR count).